The Labute approximate surface area is 94.9 Å². The van der Waals surface area contributed by atoms with Gasteiger partial charge in [-0.3, -0.25) is 4.98 Å². The van der Waals surface area contributed by atoms with Gasteiger partial charge in [-0.2, -0.15) is 5.10 Å². The maximum Gasteiger partial charge on any atom is 0.0971 e. The molecule has 0 unspecified atom stereocenters. The molecule has 0 atom stereocenters. The SMILES string of the molecule is [2H]c1nn(-c2cnccc2Br)c([2H])c1Br. The van der Waals surface area contributed by atoms with Gasteiger partial charge in [0.2, 0.25) is 0 Å². The molecule has 2 aromatic rings. The summed E-state index contributed by atoms with van der Waals surface area (Å²) >= 11 is 6.47. The fourth-order valence-corrected chi connectivity index (χ4v) is 1.51. The molecule has 66 valence electrons. The van der Waals surface area contributed by atoms with Crippen LogP contribution in [-0.4, -0.2) is 14.8 Å². The lowest BCUT2D eigenvalue weighted by atomic mass is 10.4. The Morgan fingerprint density at radius 1 is 1.46 bits per heavy atom. The molecule has 0 saturated heterocycles. The third-order valence-electron chi connectivity index (χ3n) is 1.43. The van der Waals surface area contributed by atoms with E-state index >= 15 is 0 Å². The molecule has 0 amide bonds. The Hall–Kier alpha value is -0.680. The van der Waals surface area contributed by atoms with E-state index in [2.05, 4.69) is 41.9 Å². The van der Waals surface area contributed by atoms with Crippen molar-refractivity contribution in [3.05, 3.63) is 39.8 Å². The van der Waals surface area contributed by atoms with Gasteiger partial charge in [0, 0.05) is 16.8 Å². The minimum atomic E-state index is 0.0377. The Morgan fingerprint density at radius 3 is 2.92 bits per heavy atom. The lowest BCUT2D eigenvalue weighted by molar-refractivity contribution is 0.869. The van der Waals surface area contributed by atoms with Gasteiger partial charge in [0.1, 0.15) is 0 Å². The number of hydrogen-bond acceptors (Lipinski definition) is 2. The highest BCUT2D eigenvalue weighted by Crippen LogP contribution is 2.19. The van der Waals surface area contributed by atoms with E-state index in [1.807, 2.05) is 0 Å². The van der Waals surface area contributed by atoms with Crippen LogP contribution in [0.4, 0.5) is 0 Å². The van der Waals surface area contributed by atoms with Crippen molar-refractivity contribution in [3.63, 3.8) is 0 Å². The first-order chi connectivity index (χ1) is 7.11. The molecule has 2 heterocycles. The molecule has 0 aliphatic heterocycles. The smallest absolute Gasteiger partial charge is 0.0971 e. The van der Waals surface area contributed by atoms with E-state index in [9.17, 15) is 0 Å². The summed E-state index contributed by atoms with van der Waals surface area (Å²) in [5, 5.41) is 3.92. The van der Waals surface area contributed by atoms with E-state index in [0.29, 0.717) is 10.2 Å². The zero-order valence-electron chi connectivity index (χ0n) is 8.33. The molecule has 0 radical (unpaired) electrons. The predicted octanol–water partition coefficient (Wildman–Crippen LogP) is 2.79. The molecule has 2 aromatic heterocycles. The third-order valence-corrected chi connectivity index (χ3v) is 2.45. The van der Waals surface area contributed by atoms with Gasteiger partial charge < -0.3 is 0 Å². The summed E-state index contributed by atoms with van der Waals surface area (Å²) in [6, 6.07) is 1.76. The van der Waals surface area contributed by atoms with Crippen molar-refractivity contribution in [2.45, 2.75) is 0 Å². The molecular weight excluding hydrogens is 298 g/mol. The maximum atomic E-state index is 7.74. The summed E-state index contributed by atoms with van der Waals surface area (Å²) in [5.74, 6) is 0. The fourth-order valence-electron chi connectivity index (χ4n) is 0.876. The van der Waals surface area contributed by atoms with Crippen LogP contribution in [0.25, 0.3) is 5.69 Å². The normalized spacial score (nSPS) is 12.5. The molecule has 0 aliphatic carbocycles. The van der Waals surface area contributed by atoms with Gasteiger partial charge in [-0.05, 0) is 37.9 Å². The molecule has 0 bridgehead atoms. The van der Waals surface area contributed by atoms with E-state index in [1.54, 1.807) is 18.5 Å². The van der Waals surface area contributed by atoms with Crippen LogP contribution in [0.5, 0.6) is 0 Å². The third kappa shape index (κ3) is 1.81. The monoisotopic (exact) mass is 303 g/mol. The first kappa shape index (κ1) is 6.73. The van der Waals surface area contributed by atoms with Crippen LogP contribution in [0.3, 0.4) is 0 Å². The first-order valence-corrected chi connectivity index (χ1v) is 5.01. The van der Waals surface area contributed by atoms with Crippen molar-refractivity contribution in [3.8, 4) is 5.69 Å². The Balaban J connectivity index is 2.65. The highest BCUT2D eigenvalue weighted by molar-refractivity contribution is 9.10. The van der Waals surface area contributed by atoms with Gasteiger partial charge >= 0.3 is 0 Å². The Kier molecular flexibility index (Phi) is 1.86. The fraction of sp³-hybridized carbons (Fsp3) is 0. The van der Waals surface area contributed by atoms with Gasteiger partial charge in [0.05, 0.1) is 25.3 Å². The number of rotatable bonds is 1. The van der Waals surface area contributed by atoms with Crippen LogP contribution in [0, 0.1) is 0 Å². The lowest BCUT2D eigenvalue weighted by Gasteiger charge is -2.01. The van der Waals surface area contributed by atoms with Crippen LogP contribution in [0.2, 0.25) is 0 Å². The Morgan fingerprint density at radius 2 is 2.31 bits per heavy atom. The van der Waals surface area contributed by atoms with Gasteiger partial charge in [0.25, 0.3) is 0 Å². The van der Waals surface area contributed by atoms with Crippen molar-refractivity contribution in [1.82, 2.24) is 14.8 Å². The summed E-state index contributed by atoms with van der Waals surface area (Å²) in [6.45, 7) is 0. The van der Waals surface area contributed by atoms with Crippen molar-refractivity contribution in [2.24, 2.45) is 0 Å². The molecule has 2 rings (SSSR count). The summed E-state index contributed by atoms with van der Waals surface area (Å²) in [6.07, 6.45) is 3.39. The maximum absolute atomic E-state index is 7.74. The summed E-state index contributed by atoms with van der Waals surface area (Å²) in [4.78, 5) is 3.95. The van der Waals surface area contributed by atoms with Crippen molar-refractivity contribution >= 4 is 31.9 Å². The number of pyridine rings is 1. The molecule has 0 aromatic carbocycles. The zero-order chi connectivity index (χ0) is 11.0. The van der Waals surface area contributed by atoms with Gasteiger partial charge in [-0.1, -0.05) is 0 Å². The number of halogens is 2. The van der Waals surface area contributed by atoms with Gasteiger partial charge in [-0.25, -0.2) is 4.68 Å². The lowest BCUT2D eigenvalue weighted by Crippen LogP contribution is -1.95. The average molecular weight is 305 g/mol. The van der Waals surface area contributed by atoms with Gasteiger partial charge in [-0.15, -0.1) is 0 Å². The van der Waals surface area contributed by atoms with Crippen LogP contribution < -0.4 is 0 Å². The van der Waals surface area contributed by atoms with Crippen LogP contribution >= 0.6 is 31.9 Å². The molecular formula is C8H5Br2N3. The van der Waals surface area contributed by atoms with Crippen LogP contribution in [0.1, 0.15) is 2.74 Å². The highest BCUT2D eigenvalue weighted by atomic mass is 79.9. The summed E-state index contributed by atoms with van der Waals surface area (Å²) < 4.78 is 17.7. The average Bonchev–Trinajstić information content (AvgIpc) is 2.47. The second-order valence-corrected chi connectivity index (χ2v) is 3.92. The molecule has 0 fully saturated rings. The highest BCUT2D eigenvalue weighted by Gasteiger charge is 2.02. The summed E-state index contributed by atoms with van der Waals surface area (Å²) in [5.41, 5.74) is 0.640. The molecule has 0 saturated carbocycles. The van der Waals surface area contributed by atoms with E-state index < -0.39 is 0 Å². The number of hydrogen-bond donors (Lipinski definition) is 0. The largest absolute Gasteiger partial charge is 0.262 e. The van der Waals surface area contributed by atoms with Crippen molar-refractivity contribution in [1.29, 1.82) is 0 Å². The van der Waals surface area contributed by atoms with Crippen molar-refractivity contribution in [2.75, 3.05) is 0 Å². The molecule has 0 N–H and O–H groups in total. The van der Waals surface area contributed by atoms with E-state index in [1.165, 1.54) is 4.68 Å². The minimum absolute atomic E-state index is 0.0377. The number of nitrogens with zero attached hydrogens (tertiary/aromatic N) is 3. The van der Waals surface area contributed by atoms with E-state index in [-0.39, 0.29) is 12.3 Å². The number of aromatic nitrogens is 3. The molecule has 3 nitrogen and oxygen atoms in total. The Bertz CT molecular complexity index is 513. The molecule has 0 aliphatic rings. The first-order valence-electron chi connectivity index (χ1n) is 4.43. The summed E-state index contributed by atoms with van der Waals surface area (Å²) in [7, 11) is 0. The zero-order valence-corrected chi connectivity index (χ0v) is 9.50. The molecule has 13 heavy (non-hydrogen) atoms. The minimum Gasteiger partial charge on any atom is -0.262 e. The van der Waals surface area contributed by atoms with Crippen molar-refractivity contribution < 1.29 is 2.74 Å². The van der Waals surface area contributed by atoms with Crippen LogP contribution in [0.15, 0.2) is 39.8 Å². The quantitative estimate of drug-likeness (QED) is 0.811. The predicted molar refractivity (Wildman–Crippen MR) is 56.8 cm³/mol. The van der Waals surface area contributed by atoms with E-state index in [4.69, 9.17) is 2.74 Å². The standard InChI is InChI=1S/C8H5Br2N3/c9-6-3-12-13(5-6)8-4-11-2-1-7(8)10/h1-5H/i3D,5D. The second-order valence-electron chi connectivity index (χ2n) is 2.28. The molecule has 5 heteroatoms. The topological polar surface area (TPSA) is 30.7 Å². The van der Waals surface area contributed by atoms with Crippen LogP contribution in [-0.2, 0) is 0 Å². The second kappa shape index (κ2) is 3.59. The van der Waals surface area contributed by atoms with Gasteiger partial charge in [0.15, 0.2) is 0 Å². The molecule has 0 spiro atoms. The van der Waals surface area contributed by atoms with E-state index in [0.717, 1.165) is 4.47 Å².